The predicted molar refractivity (Wildman–Crippen MR) is 126 cm³/mol. The lowest BCUT2D eigenvalue weighted by Gasteiger charge is -2.27. The van der Waals surface area contributed by atoms with Crippen molar-refractivity contribution in [2.45, 2.75) is 76.0 Å². The normalized spacial score (nSPS) is 22.6. The number of carbonyl (C=O) groups is 2. The molecule has 0 heterocycles. The van der Waals surface area contributed by atoms with E-state index in [0.29, 0.717) is 0 Å². The van der Waals surface area contributed by atoms with Gasteiger partial charge in [0.2, 0.25) is 0 Å². The standard InChI is InChI=1S/C14H18O3.C13H16O3/c1-3-14(9-13(15)16)7-6-10-4-5-11(17-2)8-12(10)14;1-2-13(8-12(15)16)6-5-9-3-4-10(14)7-11(9)13/h4-5,8H,3,6-7,9H2,1-2H3,(H,15,16);3-4,7,14H,2,5-6,8H2,1H3,(H,15,16). The van der Waals surface area contributed by atoms with Crippen molar-refractivity contribution in [2.75, 3.05) is 7.11 Å². The maximum Gasteiger partial charge on any atom is 0.304 e. The molecule has 2 unspecified atom stereocenters. The Bertz CT molecular complexity index is 1030. The first kappa shape index (κ1) is 24.6. The van der Waals surface area contributed by atoms with Crippen LogP contribution in [0, 0.1) is 0 Å². The lowest BCUT2D eigenvalue weighted by Crippen LogP contribution is -2.25. The van der Waals surface area contributed by atoms with Crippen LogP contribution in [0.1, 0.15) is 74.6 Å². The predicted octanol–water partition coefficient (Wildman–Crippen LogP) is 5.22. The molecule has 0 fully saturated rings. The highest BCUT2D eigenvalue weighted by molar-refractivity contribution is 5.70. The molecular weight excluding hydrogens is 420 g/mol. The molecule has 0 bridgehead atoms. The van der Waals surface area contributed by atoms with Gasteiger partial charge < -0.3 is 20.1 Å². The van der Waals surface area contributed by atoms with Crippen LogP contribution in [0.25, 0.3) is 0 Å². The van der Waals surface area contributed by atoms with Crippen molar-refractivity contribution in [1.29, 1.82) is 0 Å². The molecule has 6 heteroatoms. The van der Waals surface area contributed by atoms with Gasteiger partial charge in [0.05, 0.1) is 20.0 Å². The van der Waals surface area contributed by atoms with Crippen LogP contribution in [-0.4, -0.2) is 34.4 Å². The lowest BCUT2D eigenvalue weighted by atomic mass is 9.76. The summed E-state index contributed by atoms with van der Waals surface area (Å²) in [6.45, 7) is 4.08. The number of fused-ring (bicyclic) bond motifs is 2. The fraction of sp³-hybridized carbons (Fsp3) is 0.481. The molecule has 0 radical (unpaired) electrons. The van der Waals surface area contributed by atoms with Crippen molar-refractivity contribution in [2.24, 2.45) is 0 Å². The van der Waals surface area contributed by atoms with Gasteiger partial charge in [-0.1, -0.05) is 26.0 Å². The topological polar surface area (TPSA) is 104 Å². The van der Waals surface area contributed by atoms with Crippen LogP contribution in [0.2, 0.25) is 0 Å². The van der Waals surface area contributed by atoms with E-state index in [9.17, 15) is 14.7 Å². The monoisotopic (exact) mass is 454 g/mol. The molecule has 2 aliphatic carbocycles. The van der Waals surface area contributed by atoms with Crippen molar-refractivity contribution in [3.8, 4) is 11.5 Å². The Morgan fingerprint density at radius 1 is 0.848 bits per heavy atom. The third-order valence-electron chi connectivity index (χ3n) is 7.63. The van der Waals surface area contributed by atoms with E-state index in [1.54, 1.807) is 19.2 Å². The van der Waals surface area contributed by atoms with E-state index >= 15 is 0 Å². The SMILES string of the molecule is CCC1(CC(=O)O)CCc2ccc(O)cc21.CCC1(CC(=O)O)CCc2ccc(OC)cc21. The maximum atomic E-state index is 11.1. The molecule has 4 rings (SSSR count). The number of hydrogen-bond acceptors (Lipinski definition) is 4. The molecule has 2 aromatic carbocycles. The van der Waals surface area contributed by atoms with Crippen molar-refractivity contribution in [3.63, 3.8) is 0 Å². The molecule has 0 amide bonds. The number of ether oxygens (including phenoxy) is 1. The van der Waals surface area contributed by atoms with Gasteiger partial charge in [0.25, 0.3) is 0 Å². The average Bonchev–Trinajstić information content (AvgIpc) is 3.32. The zero-order valence-corrected chi connectivity index (χ0v) is 19.7. The molecule has 2 atom stereocenters. The number of carboxylic acid groups (broad SMARTS) is 2. The summed E-state index contributed by atoms with van der Waals surface area (Å²) < 4.78 is 5.23. The van der Waals surface area contributed by atoms with Crippen LogP contribution >= 0.6 is 0 Å². The summed E-state index contributed by atoms with van der Waals surface area (Å²) in [5, 5.41) is 27.6. The number of aromatic hydroxyl groups is 1. The minimum absolute atomic E-state index is 0.153. The second-order valence-corrected chi connectivity index (χ2v) is 9.27. The Kier molecular flexibility index (Phi) is 7.35. The smallest absolute Gasteiger partial charge is 0.304 e. The molecule has 6 nitrogen and oxygen atoms in total. The molecule has 2 aliphatic rings. The van der Waals surface area contributed by atoms with Crippen LogP contribution < -0.4 is 4.74 Å². The van der Waals surface area contributed by atoms with Crippen LogP contribution in [0.3, 0.4) is 0 Å². The van der Waals surface area contributed by atoms with Gasteiger partial charge in [-0.25, -0.2) is 0 Å². The Morgan fingerprint density at radius 2 is 1.33 bits per heavy atom. The quantitative estimate of drug-likeness (QED) is 0.530. The van der Waals surface area contributed by atoms with Gasteiger partial charge in [0.1, 0.15) is 11.5 Å². The van der Waals surface area contributed by atoms with E-state index in [0.717, 1.165) is 49.8 Å². The van der Waals surface area contributed by atoms with Crippen LogP contribution in [0.15, 0.2) is 36.4 Å². The summed E-state index contributed by atoms with van der Waals surface area (Å²) in [4.78, 5) is 22.0. The molecule has 0 aromatic heterocycles. The number of phenolic OH excluding ortho intramolecular Hbond substituents is 1. The van der Waals surface area contributed by atoms with Crippen molar-refractivity contribution in [3.05, 3.63) is 58.7 Å². The van der Waals surface area contributed by atoms with E-state index in [2.05, 4.69) is 13.0 Å². The largest absolute Gasteiger partial charge is 0.508 e. The van der Waals surface area contributed by atoms with Crippen molar-refractivity contribution in [1.82, 2.24) is 0 Å². The van der Waals surface area contributed by atoms with Gasteiger partial charge in [0.15, 0.2) is 0 Å². The number of aryl methyl sites for hydroxylation is 2. The third-order valence-corrected chi connectivity index (χ3v) is 7.63. The summed E-state index contributed by atoms with van der Waals surface area (Å²) in [5.41, 5.74) is 4.17. The van der Waals surface area contributed by atoms with Gasteiger partial charge in [-0.3, -0.25) is 9.59 Å². The van der Waals surface area contributed by atoms with E-state index in [1.165, 1.54) is 16.7 Å². The fourth-order valence-corrected chi connectivity index (χ4v) is 5.62. The highest BCUT2D eigenvalue weighted by Gasteiger charge is 2.40. The first-order chi connectivity index (χ1) is 15.7. The first-order valence-corrected chi connectivity index (χ1v) is 11.6. The Balaban J connectivity index is 0.000000186. The van der Waals surface area contributed by atoms with Gasteiger partial charge in [-0.2, -0.15) is 0 Å². The third kappa shape index (κ3) is 5.00. The minimum Gasteiger partial charge on any atom is -0.508 e. The first-order valence-electron chi connectivity index (χ1n) is 11.6. The Morgan fingerprint density at radius 3 is 1.79 bits per heavy atom. The average molecular weight is 455 g/mol. The second kappa shape index (κ2) is 9.86. The van der Waals surface area contributed by atoms with Gasteiger partial charge in [-0.15, -0.1) is 0 Å². The molecule has 3 N–H and O–H groups in total. The molecule has 0 aliphatic heterocycles. The molecule has 178 valence electrons. The molecule has 0 spiro atoms. The number of carboxylic acids is 2. The maximum absolute atomic E-state index is 11.1. The molecule has 2 aromatic rings. The van der Waals surface area contributed by atoms with Crippen molar-refractivity contribution >= 4 is 11.9 Å². The van der Waals surface area contributed by atoms with Gasteiger partial charge in [-0.05, 0) is 85.0 Å². The number of phenols is 1. The van der Waals surface area contributed by atoms with Crippen molar-refractivity contribution < 1.29 is 29.6 Å². The Hall–Kier alpha value is -3.02. The van der Waals surface area contributed by atoms with E-state index < -0.39 is 11.9 Å². The number of rotatable bonds is 7. The second-order valence-electron chi connectivity index (χ2n) is 9.27. The highest BCUT2D eigenvalue weighted by atomic mass is 16.5. The fourth-order valence-electron chi connectivity index (χ4n) is 5.62. The number of hydrogen-bond donors (Lipinski definition) is 3. The summed E-state index contributed by atoms with van der Waals surface area (Å²) in [7, 11) is 1.64. The van der Waals surface area contributed by atoms with Crippen LogP contribution in [-0.2, 0) is 33.3 Å². The zero-order valence-electron chi connectivity index (χ0n) is 19.7. The van der Waals surface area contributed by atoms with Crippen LogP contribution in [0.5, 0.6) is 11.5 Å². The highest BCUT2D eigenvalue weighted by Crippen LogP contribution is 2.46. The van der Waals surface area contributed by atoms with Crippen LogP contribution in [0.4, 0.5) is 0 Å². The zero-order chi connectivity index (χ0) is 24.2. The summed E-state index contributed by atoms with van der Waals surface area (Å²) in [6, 6.07) is 11.3. The Labute approximate surface area is 195 Å². The molecule has 33 heavy (non-hydrogen) atoms. The summed E-state index contributed by atoms with van der Waals surface area (Å²) in [6.07, 6.45) is 5.71. The minimum atomic E-state index is -0.766. The van der Waals surface area contributed by atoms with E-state index in [-0.39, 0.29) is 29.4 Å². The van der Waals surface area contributed by atoms with E-state index in [4.69, 9.17) is 14.9 Å². The molecule has 0 saturated heterocycles. The molecular formula is C27H34O6. The number of methoxy groups -OCH3 is 1. The summed E-state index contributed by atoms with van der Waals surface area (Å²) in [5.74, 6) is -0.446. The van der Waals surface area contributed by atoms with Gasteiger partial charge in [0, 0.05) is 10.8 Å². The lowest BCUT2D eigenvalue weighted by molar-refractivity contribution is -0.139. The number of aliphatic carboxylic acids is 2. The summed E-state index contributed by atoms with van der Waals surface area (Å²) >= 11 is 0. The van der Waals surface area contributed by atoms with Gasteiger partial charge >= 0.3 is 11.9 Å². The van der Waals surface area contributed by atoms with E-state index in [1.807, 2.05) is 25.1 Å². The number of benzene rings is 2. The molecule has 0 saturated carbocycles.